The van der Waals surface area contributed by atoms with E-state index >= 15 is 0 Å². The van der Waals surface area contributed by atoms with Gasteiger partial charge in [0.2, 0.25) is 0 Å². The van der Waals surface area contributed by atoms with Gasteiger partial charge in [0.25, 0.3) is 6.69 Å². The average molecular weight is 267 g/mol. The number of halogens is 2. The number of hydrogen-bond donors (Lipinski definition) is 0. The summed E-state index contributed by atoms with van der Waals surface area (Å²) in [5.41, 5.74) is 0.913. The predicted octanol–water partition coefficient (Wildman–Crippen LogP) is 2.52. The molecule has 0 N–H and O–H groups in total. The number of nitrogens with zero attached hydrogens (tertiary/aromatic N) is 2. The van der Waals surface area contributed by atoms with Gasteiger partial charge in [-0.25, -0.2) is 0 Å². The standard InChI is InChI=1S/C10H20Cl2N2Si/c1-6(2)13-8(5)14(7(3)4)10-9(13)15(10,11)12/h6-10H,1-5H3. The summed E-state index contributed by atoms with van der Waals surface area (Å²) in [4.78, 5) is 4.99. The van der Waals surface area contributed by atoms with Crippen LogP contribution in [0.5, 0.6) is 0 Å². The zero-order valence-electron chi connectivity index (χ0n) is 10.0. The Morgan fingerprint density at radius 3 is 1.47 bits per heavy atom. The normalized spacial score (nSPS) is 40.2. The lowest BCUT2D eigenvalue weighted by Crippen LogP contribution is -2.51. The first kappa shape index (κ1) is 12.2. The number of rotatable bonds is 2. The molecule has 0 bridgehead atoms. The lowest BCUT2D eigenvalue weighted by molar-refractivity contribution is 0.0876. The van der Waals surface area contributed by atoms with E-state index in [1.54, 1.807) is 0 Å². The van der Waals surface area contributed by atoms with Crippen molar-refractivity contribution in [2.45, 2.75) is 64.2 Å². The summed E-state index contributed by atoms with van der Waals surface area (Å²) in [5, 5.41) is 0. The summed E-state index contributed by atoms with van der Waals surface area (Å²) in [6.45, 7) is 9.18. The maximum atomic E-state index is 6.47. The van der Waals surface area contributed by atoms with Gasteiger partial charge < -0.3 is 0 Å². The quantitative estimate of drug-likeness (QED) is 0.560. The van der Waals surface area contributed by atoms with Crippen molar-refractivity contribution in [3.8, 4) is 0 Å². The van der Waals surface area contributed by atoms with Crippen molar-refractivity contribution in [2.75, 3.05) is 0 Å². The molecule has 2 nitrogen and oxygen atoms in total. The van der Waals surface area contributed by atoms with E-state index in [1.807, 2.05) is 0 Å². The third kappa shape index (κ3) is 1.59. The molecule has 0 spiro atoms. The molecule has 0 saturated carbocycles. The fourth-order valence-electron chi connectivity index (χ4n) is 3.14. The van der Waals surface area contributed by atoms with Crippen molar-refractivity contribution < 1.29 is 0 Å². The van der Waals surface area contributed by atoms with Crippen molar-refractivity contribution in [3.63, 3.8) is 0 Å². The molecule has 2 aliphatic rings. The molecule has 2 unspecified atom stereocenters. The minimum absolute atomic E-state index is 0.457. The lowest BCUT2D eigenvalue weighted by Gasteiger charge is -2.37. The highest BCUT2D eigenvalue weighted by molar-refractivity contribution is 7.52. The van der Waals surface area contributed by atoms with Crippen LogP contribution in [0.4, 0.5) is 0 Å². The maximum absolute atomic E-state index is 6.47. The Morgan fingerprint density at radius 1 is 0.933 bits per heavy atom. The molecule has 15 heavy (non-hydrogen) atoms. The molecule has 2 saturated heterocycles. The molecular weight excluding hydrogens is 247 g/mol. The molecule has 0 aromatic rings. The van der Waals surface area contributed by atoms with Crippen LogP contribution >= 0.6 is 22.2 Å². The van der Waals surface area contributed by atoms with E-state index < -0.39 is 6.69 Å². The molecular formula is C10H20Cl2N2Si. The van der Waals surface area contributed by atoms with Gasteiger partial charge in [-0.3, -0.25) is 9.80 Å². The van der Waals surface area contributed by atoms with E-state index in [0.717, 1.165) is 0 Å². The van der Waals surface area contributed by atoms with Crippen LogP contribution in [0, 0.1) is 0 Å². The molecule has 0 aromatic carbocycles. The summed E-state index contributed by atoms with van der Waals surface area (Å²) in [6, 6.07) is 1.06. The first-order chi connectivity index (χ1) is 6.80. The molecule has 2 rings (SSSR count). The van der Waals surface area contributed by atoms with E-state index in [9.17, 15) is 0 Å². The maximum Gasteiger partial charge on any atom is 0.286 e. The van der Waals surface area contributed by atoms with Gasteiger partial charge >= 0.3 is 0 Å². The SMILES string of the molecule is CC(C)N1C(C)N(C(C)C)C2C1[Si]2(Cl)Cl. The Morgan fingerprint density at radius 2 is 1.27 bits per heavy atom. The van der Waals surface area contributed by atoms with Gasteiger partial charge in [0.05, 0.1) is 17.5 Å². The van der Waals surface area contributed by atoms with Crippen LogP contribution in [-0.2, 0) is 0 Å². The second kappa shape index (κ2) is 3.60. The molecule has 2 heterocycles. The smallest absolute Gasteiger partial charge is 0.281 e. The highest BCUT2D eigenvalue weighted by Gasteiger charge is 2.77. The van der Waals surface area contributed by atoms with Crippen LogP contribution in [0.25, 0.3) is 0 Å². The molecule has 2 fully saturated rings. The minimum Gasteiger partial charge on any atom is -0.281 e. The first-order valence-electron chi connectivity index (χ1n) is 5.72. The Balaban J connectivity index is 2.25. The molecule has 0 radical (unpaired) electrons. The van der Waals surface area contributed by atoms with E-state index in [-0.39, 0.29) is 0 Å². The van der Waals surface area contributed by atoms with Gasteiger partial charge in [-0.15, -0.1) is 22.2 Å². The van der Waals surface area contributed by atoms with E-state index in [4.69, 9.17) is 22.2 Å². The Hall–Kier alpha value is 0.717. The molecule has 0 aliphatic carbocycles. The zero-order valence-corrected chi connectivity index (χ0v) is 12.5. The van der Waals surface area contributed by atoms with Crippen molar-refractivity contribution in [1.82, 2.24) is 9.80 Å². The van der Waals surface area contributed by atoms with Crippen molar-refractivity contribution in [2.24, 2.45) is 0 Å². The van der Waals surface area contributed by atoms with Gasteiger partial charge in [0, 0.05) is 12.1 Å². The third-order valence-electron chi connectivity index (χ3n) is 3.68. The van der Waals surface area contributed by atoms with Crippen LogP contribution in [0.2, 0.25) is 0 Å². The second-order valence-corrected chi connectivity index (χ2v) is 12.1. The van der Waals surface area contributed by atoms with Gasteiger partial charge in [-0.1, -0.05) is 0 Å². The first-order valence-corrected chi connectivity index (χ1v) is 9.90. The largest absolute Gasteiger partial charge is 0.286 e. The third-order valence-corrected chi connectivity index (χ3v) is 8.78. The monoisotopic (exact) mass is 266 g/mol. The van der Waals surface area contributed by atoms with Crippen LogP contribution < -0.4 is 0 Å². The Bertz CT molecular complexity index is 246. The van der Waals surface area contributed by atoms with Gasteiger partial charge in [-0.05, 0) is 34.6 Å². The highest BCUT2D eigenvalue weighted by Crippen LogP contribution is 2.55. The topological polar surface area (TPSA) is 6.48 Å². The zero-order chi connectivity index (χ0) is 11.5. The van der Waals surface area contributed by atoms with Gasteiger partial charge in [0.1, 0.15) is 0 Å². The summed E-state index contributed by atoms with van der Waals surface area (Å²) in [7, 11) is 0. The van der Waals surface area contributed by atoms with E-state index in [1.165, 1.54) is 0 Å². The van der Waals surface area contributed by atoms with Crippen LogP contribution in [0.1, 0.15) is 34.6 Å². The fourth-order valence-corrected chi connectivity index (χ4v) is 9.44. The van der Waals surface area contributed by atoms with Crippen molar-refractivity contribution in [1.29, 1.82) is 0 Å². The number of hydrogen-bond acceptors (Lipinski definition) is 2. The summed E-state index contributed by atoms with van der Waals surface area (Å²) < 4.78 is 0. The van der Waals surface area contributed by atoms with Crippen LogP contribution in [-0.4, -0.2) is 46.1 Å². The summed E-state index contributed by atoms with van der Waals surface area (Å²) in [5.74, 6) is 0. The molecule has 2 aliphatic heterocycles. The van der Waals surface area contributed by atoms with E-state index in [0.29, 0.717) is 29.6 Å². The van der Waals surface area contributed by atoms with Crippen molar-refractivity contribution in [3.05, 3.63) is 0 Å². The van der Waals surface area contributed by atoms with Gasteiger partial charge in [0.15, 0.2) is 0 Å². The van der Waals surface area contributed by atoms with Gasteiger partial charge in [-0.2, -0.15) is 0 Å². The van der Waals surface area contributed by atoms with Crippen molar-refractivity contribution >= 4 is 28.9 Å². The molecule has 88 valence electrons. The summed E-state index contributed by atoms with van der Waals surface area (Å²) >= 11 is 12.9. The van der Waals surface area contributed by atoms with Crippen LogP contribution in [0.3, 0.4) is 0 Å². The predicted molar refractivity (Wildman–Crippen MR) is 68.4 cm³/mol. The summed E-state index contributed by atoms with van der Waals surface area (Å²) in [6.07, 6.45) is 0.484. The molecule has 5 heteroatoms. The molecule has 2 atom stereocenters. The number of fused-ring (bicyclic) bond motifs is 1. The Labute approximate surface area is 103 Å². The lowest BCUT2D eigenvalue weighted by atomic mass is 10.3. The van der Waals surface area contributed by atoms with E-state index in [2.05, 4.69) is 44.4 Å². The molecule has 0 amide bonds. The highest BCUT2D eigenvalue weighted by atomic mass is 35.7. The minimum atomic E-state index is -2.00. The Kier molecular flexibility index (Phi) is 2.93. The average Bonchev–Trinajstić information content (AvgIpc) is 2.52. The second-order valence-electron chi connectivity index (χ2n) is 5.28. The molecule has 0 aromatic heterocycles. The fraction of sp³-hybridized carbons (Fsp3) is 1.00. The van der Waals surface area contributed by atoms with Crippen LogP contribution in [0.15, 0.2) is 0 Å².